The fraction of sp³-hybridized carbons (Fsp3) is 0.500. The number of aromatic nitrogens is 1. The SMILES string of the molecule is CC(C)COCCOC(=O)c1ccc(F)nc1. The zero-order chi connectivity index (χ0) is 12.7. The molecule has 0 atom stereocenters. The predicted molar refractivity (Wildman–Crippen MR) is 60.1 cm³/mol. The minimum atomic E-state index is -0.623. The summed E-state index contributed by atoms with van der Waals surface area (Å²) in [7, 11) is 0. The maximum atomic E-state index is 12.5. The number of carbonyl (C=O) groups is 1. The zero-order valence-electron chi connectivity index (χ0n) is 9.98. The average Bonchev–Trinajstić information content (AvgIpc) is 2.29. The third-order valence-corrected chi connectivity index (χ3v) is 1.88. The molecule has 0 saturated heterocycles. The first kappa shape index (κ1) is 13.6. The average molecular weight is 241 g/mol. The molecule has 5 heteroatoms. The minimum Gasteiger partial charge on any atom is -0.460 e. The van der Waals surface area contributed by atoms with Gasteiger partial charge in [0.25, 0.3) is 0 Å². The van der Waals surface area contributed by atoms with E-state index in [1.54, 1.807) is 0 Å². The fourth-order valence-electron chi connectivity index (χ4n) is 1.09. The number of pyridine rings is 1. The number of nitrogens with zero attached hydrogens (tertiary/aromatic N) is 1. The molecule has 0 radical (unpaired) electrons. The number of esters is 1. The molecule has 0 aliphatic heterocycles. The molecule has 1 aromatic heterocycles. The van der Waals surface area contributed by atoms with Crippen molar-refractivity contribution in [1.82, 2.24) is 4.98 Å². The van der Waals surface area contributed by atoms with Crippen LogP contribution in [-0.2, 0) is 9.47 Å². The van der Waals surface area contributed by atoms with Crippen molar-refractivity contribution in [2.45, 2.75) is 13.8 Å². The van der Waals surface area contributed by atoms with Crippen LogP contribution in [-0.4, -0.2) is 30.8 Å². The molecule has 4 nitrogen and oxygen atoms in total. The van der Waals surface area contributed by atoms with Crippen LogP contribution in [0.25, 0.3) is 0 Å². The van der Waals surface area contributed by atoms with Gasteiger partial charge in [-0.15, -0.1) is 0 Å². The van der Waals surface area contributed by atoms with Crippen molar-refractivity contribution in [2.24, 2.45) is 5.92 Å². The van der Waals surface area contributed by atoms with Crippen molar-refractivity contribution in [3.63, 3.8) is 0 Å². The standard InChI is InChI=1S/C12H16FNO3/c1-9(2)8-16-5-6-17-12(15)10-3-4-11(13)14-7-10/h3-4,7,9H,5-6,8H2,1-2H3. The summed E-state index contributed by atoms with van der Waals surface area (Å²) in [6, 6.07) is 2.45. The number of ether oxygens (including phenoxy) is 2. The maximum absolute atomic E-state index is 12.5. The van der Waals surface area contributed by atoms with E-state index < -0.39 is 11.9 Å². The number of halogens is 1. The molecular weight excluding hydrogens is 225 g/mol. The lowest BCUT2D eigenvalue weighted by Crippen LogP contribution is -2.13. The van der Waals surface area contributed by atoms with Crippen LogP contribution in [0.3, 0.4) is 0 Å². The molecule has 94 valence electrons. The van der Waals surface area contributed by atoms with Gasteiger partial charge in [-0.1, -0.05) is 13.8 Å². The summed E-state index contributed by atoms with van der Waals surface area (Å²) in [4.78, 5) is 14.8. The molecule has 0 aliphatic carbocycles. The van der Waals surface area contributed by atoms with Gasteiger partial charge in [-0.3, -0.25) is 0 Å². The quantitative estimate of drug-likeness (QED) is 0.434. The van der Waals surface area contributed by atoms with Crippen LogP contribution >= 0.6 is 0 Å². The fourth-order valence-corrected chi connectivity index (χ4v) is 1.09. The van der Waals surface area contributed by atoms with E-state index in [-0.39, 0.29) is 12.2 Å². The summed E-state index contributed by atoms with van der Waals surface area (Å²) in [5.41, 5.74) is 0.232. The summed E-state index contributed by atoms with van der Waals surface area (Å²) in [6.45, 7) is 5.25. The Bertz CT molecular complexity index is 351. The second kappa shape index (κ2) is 6.96. The number of hydrogen-bond donors (Lipinski definition) is 0. The van der Waals surface area contributed by atoms with Gasteiger partial charge in [-0.05, 0) is 18.1 Å². The molecule has 0 N–H and O–H groups in total. The van der Waals surface area contributed by atoms with Crippen molar-refractivity contribution in [3.05, 3.63) is 29.8 Å². The third-order valence-electron chi connectivity index (χ3n) is 1.88. The third kappa shape index (κ3) is 5.40. The Kier molecular flexibility index (Phi) is 5.56. The van der Waals surface area contributed by atoms with Crippen LogP contribution in [0.4, 0.5) is 4.39 Å². The first-order valence-corrected chi connectivity index (χ1v) is 5.46. The number of carbonyl (C=O) groups excluding carboxylic acids is 1. The normalized spacial score (nSPS) is 10.6. The molecule has 0 fully saturated rings. The second-order valence-electron chi connectivity index (χ2n) is 3.97. The Morgan fingerprint density at radius 2 is 2.18 bits per heavy atom. The summed E-state index contributed by atoms with van der Waals surface area (Å²) < 4.78 is 22.7. The van der Waals surface area contributed by atoms with Gasteiger partial charge in [0.15, 0.2) is 0 Å². The van der Waals surface area contributed by atoms with Gasteiger partial charge >= 0.3 is 5.97 Å². The molecular formula is C12H16FNO3. The molecule has 1 aromatic rings. The highest BCUT2D eigenvalue weighted by molar-refractivity contribution is 5.88. The van der Waals surface area contributed by atoms with Crippen LogP contribution in [0.15, 0.2) is 18.3 Å². The molecule has 0 aliphatic rings. The van der Waals surface area contributed by atoms with Crippen LogP contribution in [0.2, 0.25) is 0 Å². The number of hydrogen-bond acceptors (Lipinski definition) is 4. The zero-order valence-corrected chi connectivity index (χ0v) is 9.98. The van der Waals surface area contributed by atoms with Gasteiger partial charge in [0.1, 0.15) is 6.61 Å². The summed E-state index contributed by atoms with van der Waals surface area (Å²) in [5.74, 6) is -0.695. The highest BCUT2D eigenvalue weighted by atomic mass is 19.1. The number of rotatable bonds is 6. The first-order chi connectivity index (χ1) is 8.09. The summed E-state index contributed by atoms with van der Waals surface area (Å²) in [6.07, 6.45) is 1.15. The summed E-state index contributed by atoms with van der Waals surface area (Å²) in [5, 5.41) is 0. The summed E-state index contributed by atoms with van der Waals surface area (Å²) >= 11 is 0. The van der Waals surface area contributed by atoms with Crippen LogP contribution in [0, 0.1) is 11.9 Å². The Hall–Kier alpha value is -1.49. The van der Waals surface area contributed by atoms with Gasteiger partial charge in [0.05, 0.1) is 12.2 Å². The Balaban J connectivity index is 2.23. The monoisotopic (exact) mass is 241 g/mol. The Labute approximate surface area is 99.8 Å². The maximum Gasteiger partial charge on any atom is 0.339 e. The smallest absolute Gasteiger partial charge is 0.339 e. The largest absolute Gasteiger partial charge is 0.460 e. The van der Waals surface area contributed by atoms with Crippen molar-refractivity contribution in [3.8, 4) is 0 Å². The van der Waals surface area contributed by atoms with E-state index >= 15 is 0 Å². The van der Waals surface area contributed by atoms with Crippen LogP contribution in [0.1, 0.15) is 24.2 Å². The first-order valence-electron chi connectivity index (χ1n) is 5.46. The van der Waals surface area contributed by atoms with Crippen molar-refractivity contribution in [1.29, 1.82) is 0 Å². The van der Waals surface area contributed by atoms with Crippen LogP contribution < -0.4 is 0 Å². The van der Waals surface area contributed by atoms with Crippen molar-refractivity contribution >= 4 is 5.97 Å². The van der Waals surface area contributed by atoms with E-state index in [1.807, 2.05) is 13.8 Å². The molecule has 17 heavy (non-hydrogen) atoms. The van der Waals surface area contributed by atoms with E-state index in [2.05, 4.69) is 4.98 Å². The van der Waals surface area contributed by atoms with Crippen LogP contribution in [0.5, 0.6) is 0 Å². The highest BCUT2D eigenvalue weighted by Gasteiger charge is 2.07. The van der Waals surface area contributed by atoms with E-state index in [4.69, 9.17) is 9.47 Å². The molecule has 0 unspecified atom stereocenters. The van der Waals surface area contributed by atoms with E-state index in [0.717, 1.165) is 12.3 Å². The van der Waals surface area contributed by atoms with E-state index in [9.17, 15) is 9.18 Å². The molecule has 1 heterocycles. The highest BCUT2D eigenvalue weighted by Crippen LogP contribution is 2.01. The lowest BCUT2D eigenvalue weighted by atomic mass is 10.2. The Morgan fingerprint density at radius 1 is 1.41 bits per heavy atom. The second-order valence-corrected chi connectivity index (χ2v) is 3.97. The van der Waals surface area contributed by atoms with Gasteiger partial charge in [0.2, 0.25) is 5.95 Å². The minimum absolute atomic E-state index is 0.183. The van der Waals surface area contributed by atoms with Crippen molar-refractivity contribution < 1.29 is 18.7 Å². The van der Waals surface area contributed by atoms with Gasteiger partial charge in [-0.25, -0.2) is 9.78 Å². The van der Waals surface area contributed by atoms with Gasteiger partial charge in [-0.2, -0.15) is 4.39 Å². The molecule has 0 amide bonds. The molecule has 0 spiro atoms. The molecule has 0 aromatic carbocycles. The predicted octanol–water partition coefficient (Wildman–Crippen LogP) is 2.05. The van der Waals surface area contributed by atoms with E-state index in [0.29, 0.717) is 19.1 Å². The van der Waals surface area contributed by atoms with Crippen molar-refractivity contribution in [2.75, 3.05) is 19.8 Å². The Morgan fingerprint density at radius 3 is 2.76 bits per heavy atom. The molecule has 1 rings (SSSR count). The molecule has 0 saturated carbocycles. The topological polar surface area (TPSA) is 48.4 Å². The molecule has 0 bridgehead atoms. The lowest BCUT2D eigenvalue weighted by Gasteiger charge is -2.07. The lowest BCUT2D eigenvalue weighted by molar-refractivity contribution is 0.0277. The van der Waals surface area contributed by atoms with Gasteiger partial charge < -0.3 is 9.47 Å². The van der Waals surface area contributed by atoms with E-state index in [1.165, 1.54) is 6.07 Å². The van der Waals surface area contributed by atoms with Gasteiger partial charge in [0, 0.05) is 12.8 Å².